The minimum absolute atomic E-state index is 0.307. The predicted octanol–water partition coefficient (Wildman–Crippen LogP) is 3.55. The van der Waals surface area contributed by atoms with E-state index in [0.29, 0.717) is 34.1 Å². The van der Waals surface area contributed by atoms with Crippen molar-refractivity contribution in [3.05, 3.63) is 53.6 Å². The van der Waals surface area contributed by atoms with E-state index in [0.717, 1.165) is 0 Å². The van der Waals surface area contributed by atoms with Gasteiger partial charge in [0.1, 0.15) is 11.5 Å². The lowest BCUT2D eigenvalue weighted by Crippen LogP contribution is -2.23. The molecule has 0 bridgehead atoms. The van der Waals surface area contributed by atoms with E-state index in [1.807, 2.05) is 0 Å². The van der Waals surface area contributed by atoms with Gasteiger partial charge in [0.05, 0.1) is 28.4 Å². The Morgan fingerprint density at radius 1 is 0.828 bits per heavy atom. The summed E-state index contributed by atoms with van der Waals surface area (Å²) >= 11 is 0. The predicted molar refractivity (Wildman–Crippen MR) is 108 cm³/mol. The molecule has 0 saturated carbocycles. The molecule has 2 aromatic rings. The van der Waals surface area contributed by atoms with E-state index >= 15 is 0 Å². The van der Waals surface area contributed by atoms with Crippen LogP contribution in [0.1, 0.15) is 22.8 Å². The molecule has 0 radical (unpaired) electrons. The second-order valence-electron chi connectivity index (χ2n) is 5.95. The largest absolute Gasteiger partial charge is 0.497 e. The average Bonchev–Trinajstić information content (AvgIpc) is 2.76. The number of benzene rings is 2. The average molecular weight is 400 g/mol. The Labute approximate surface area is 169 Å². The van der Waals surface area contributed by atoms with Gasteiger partial charge in [0.2, 0.25) is 5.78 Å². The Hall–Kier alpha value is -3.48. The first-order valence-electron chi connectivity index (χ1n) is 8.80. The quantitative estimate of drug-likeness (QED) is 0.362. The maximum Gasteiger partial charge on any atom is 0.331 e. The molecular formula is C22H24O7. The van der Waals surface area contributed by atoms with E-state index < -0.39 is 12.1 Å². The lowest BCUT2D eigenvalue weighted by atomic mass is 10.1. The highest BCUT2D eigenvalue weighted by Crippen LogP contribution is 2.35. The molecule has 0 N–H and O–H groups in total. The van der Waals surface area contributed by atoms with Crippen molar-refractivity contribution < 1.29 is 33.3 Å². The van der Waals surface area contributed by atoms with Crippen LogP contribution in [0.4, 0.5) is 0 Å². The van der Waals surface area contributed by atoms with Gasteiger partial charge in [0.25, 0.3) is 0 Å². The second kappa shape index (κ2) is 10.2. The zero-order chi connectivity index (χ0) is 21.4. The van der Waals surface area contributed by atoms with Crippen molar-refractivity contribution in [3.63, 3.8) is 0 Å². The van der Waals surface area contributed by atoms with Crippen molar-refractivity contribution in [2.45, 2.75) is 13.0 Å². The van der Waals surface area contributed by atoms with Crippen LogP contribution in [0.15, 0.2) is 42.5 Å². The van der Waals surface area contributed by atoms with Crippen LogP contribution in [0, 0.1) is 0 Å². The zero-order valence-corrected chi connectivity index (χ0v) is 17.1. The van der Waals surface area contributed by atoms with E-state index in [1.54, 1.807) is 43.5 Å². The van der Waals surface area contributed by atoms with Gasteiger partial charge in [-0.25, -0.2) is 4.79 Å². The van der Waals surface area contributed by atoms with Crippen molar-refractivity contribution in [1.29, 1.82) is 0 Å². The molecule has 0 heterocycles. The van der Waals surface area contributed by atoms with E-state index in [9.17, 15) is 9.59 Å². The molecule has 0 fully saturated rings. The summed E-state index contributed by atoms with van der Waals surface area (Å²) in [6, 6.07) is 9.91. The summed E-state index contributed by atoms with van der Waals surface area (Å²) < 4.78 is 26.1. The third-order valence-electron chi connectivity index (χ3n) is 4.17. The van der Waals surface area contributed by atoms with Gasteiger partial charge in [-0.05, 0) is 43.3 Å². The summed E-state index contributed by atoms with van der Waals surface area (Å²) in [5.41, 5.74) is 1.02. The minimum Gasteiger partial charge on any atom is -0.497 e. The summed E-state index contributed by atoms with van der Waals surface area (Å²) in [5, 5.41) is 0. The Kier molecular flexibility index (Phi) is 7.65. The van der Waals surface area contributed by atoms with Gasteiger partial charge in [-0.15, -0.1) is 0 Å². The molecule has 7 heteroatoms. The fourth-order valence-corrected chi connectivity index (χ4v) is 2.60. The van der Waals surface area contributed by atoms with Gasteiger partial charge in [-0.1, -0.05) is 0 Å². The molecule has 0 amide bonds. The van der Waals surface area contributed by atoms with Gasteiger partial charge in [-0.2, -0.15) is 0 Å². The van der Waals surface area contributed by atoms with Gasteiger partial charge in [0, 0.05) is 23.3 Å². The Bertz CT molecular complexity index is 885. The number of ketones is 1. The topological polar surface area (TPSA) is 80.3 Å². The van der Waals surface area contributed by atoms with Gasteiger partial charge < -0.3 is 23.7 Å². The molecule has 1 atom stereocenters. The number of carbonyl (C=O) groups excluding carboxylic acids is 2. The molecule has 7 nitrogen and oxygen atoms in total. The molecule has 29 heavy (non-hydrogen) atoms. The number of Topliss-reactive ketones (excluding diaryl/α,β-unsaturated/α-hetero) is 1. The van der Waals surface area contributed by atoms with Crippen molar-refractivity contribution in [2.24, 2.45) is 0 Å². The number of hydrogen-bond donors (Lipinski definition) is 0. The fraction of sp³-hybridized carbons (Fsp3) is 0.273. The SMILES string of the molecule is COc1ccc(C(=O)C(C)OC(=O)/C=C/c2cc(OC)c(OC)cc2OC)cc1. The van der Waals surface area contributed by atoms with E-state index in [4.69, 9.17) is 23.7 Å². The van der Waals surface area contributed by atoms with Crippen molar-refractivity contribution in [1.82, 2.24) is 0 Å². The molecule has 0 spiro atoms. The molecule has 0 aliphatic heterocycles. The first-order valence-corrected chi connectivity index (χ1v) is 8.80. The van der Waals surface area contributed by atoms with Crippen LogP contribution >= 0.6 is 0 Å². The normalized spacial score (nSPS) is 11.6. The standard InChI is InChI=1S/C22H24O7/c1-14(22(24)15-6-9-17(25-2)10-7-15)29-21(23)11-8-16-12-19(27-4)20(28-5)13-18(16)26-3/h6-14H,1-5H3/b11-8+. The highest BCUT2D eigenvalue weighted by Gasteiger charge is 2.19. The molecule has 2 rings (SSSR count). The molecule has 0 aliphatic rings. The van der Waals surface area contributed by atoms with Crippen LogP contribution in [0.2, 0.25) is 0 Å². The number of ether oxygens (including phenoxy) is 5. The van der Waals surface area contributed by atoms with Crippen molar-refractivity contribution in [2.75, 3.05) is 28.4 Å². The van der Waals surface area contributed by atoms with Crippen LogP contribution in [0.3, 0.4) is 0 Å². The van der Waals surface area contributed by atoms with E-state index in [1.165, 1.54) is 40.4 Å². The van der Waals surface area contributed by atoms with Gasteiger partial charge in [-0.3, -0.25) is 4.79 Å². The summed E-state index contributed by atoms with van der Waals surface area (Å²) in [6.45, 7) is 1.52. The molecular weight excluding hydrogens is 376 g/mol. The molecule has 0 saturated heterocycles. The Morgan fingerprint density at radius 2 is 1.41 bits per heavy atom. The maximum absolute atomic E-state index is 12.4. The monoisotopic (exact) mass is 400 g/mol. The van der Waals surface area contributed by atoms with Crippen LogP contribution in [0.5, 0.6) is 23.0 Å². The Morgan fingerprint density at radius 3 is 1.97 bits per heavy atom. The second-order valence-corrected chi connectivity index (χ2v) is 5.95. The summed E-state index contributed by atoms with van der Waals surface area (Å²) in [5.74, 6) is 1.16. The minimum atomic E-state index is -0.937. The smallest absolute Gasteiger partial charge is 0.331 e. The first-order chi connectivity index (χ1) is 13.9. The summed E-state index contributed by atoms with van der Waals surface area (Å²) in [4.78, 5) is 24.6. The number of carbonyl (C=O) groups is 2. The molecule has 2 aromatic carbocycles. The number of hydrogen-bond acceptors (Lipinski definition) is 7. The highest BCUT2D eigenvalue weighted by atomic mass is 16.5. The lowest BCUT2D eigenvalue weighted by Gasteiger charge is -2.13. The molecule has 0 aliphatic carbocycles. The van der Waals surface area contributed by atoms with Gasteiger partial charge in [0.15, 0.2) is 17.6 Å². The fourth-order valence-electron chi connectivity index (χ4n) is 2.60. The third kappa shape index (κ3) is 5.51. The summed E-state index contributed by atoms with van der Waals surface area (Å²) in [6.07, 6.45) is 1.81. The van der Waals surface area contributed by atoms with Gasteiger partial charge >= 0.3 is 5.97 Å². The van der Waals surface area contributed by atoms with E-state index in [-0.39, 0.29) is 5.78 Å². The first kappa shape index (κ1) is 21.8. The van der Waals surface area contributed by atoms with Crippen LogP contribution in [-0.4, -0.2) is 46.3 Å². The molecule has 154 valence electrons. The summed E-state index contributed by atoms with van der Waals surface area (Å²) in [7, 11) is 6.08. The molecule has 0 aromatic heterocycles. The van der Waals surface area contributed by atoms with Crippen molar-refractivity contribution >= 4 is 17.8 Å². The third-order valence-corrected chi connectivity index (χ3v) is 4.17. The van der Waals surface area contributed by atoms with Crippen LogP contribution in [0.25, 0.3) is 6.08 Å². The Balaban J connectivity index is 2.09. The number of esters is 1. The van der Waals surface area contributed by atoms with Crippen LogP contribution < -0.4 is 18.9 Å². The highest BCUT2D eigenvalue weighted by molar-refractivity contribution is 6.01. The van der Waals surface area contributed by atoms with Crippen LogP contribution in [-0.2, 0) is 9.53 Å². The number of rotatable bonds is 9. The maximum atomic E-state index is 12.4. The number of methoxy groups -OCH3 is 4. The lowest BCUT2D eigenvalue weighted by molar-refractivity contribution is -0.140. The van der Waals surface area contributed by atoms with Crippen molar-refractivity contribution in [3.8, 4) is 23.0 Å². The molecule has 1 unspecified atom stereocenters. The van der Waals surface area contributed by atoms with E-state index in [2.05, 4.69) is 0 Å². The zero-order valence-electron chi connectivity index (χ0n) is 17.1.